The van der Waals surface area contributed by atoms with Gasteiger partial charge in [0.25, 0.3) is 5.91 Å². The van der Waals surface area contributed by atoms with Gasteiger partial charge in [-0.3, -0.25) is 14.5 Å². The van der Waals surface area contributed by atoms with Crippen molar-refractivity contribution >= 4 is 28.3 Å². The number of aliphatic hydroxyl groups excluding tert-OH is 1. The summed E-state index contributed by atoms with van der Waals surface area (Å²) < 4.78 is 11.2. The molecule has 1 aliphatic rings. The largest absolute Gasteiger partial charge is 0.503 e. The normalized spacial score (nSPS) is 16.0. The summed E-state index contributed by atoms with van der Waals surface area (Å²) >= 11 is 0. The number of carbonyl (C=O) groups is 2. The van der Waals surface area contributed by atoms with E-state index in [1.165, 1.54) is 12.0 Å². The summed E-state index contributed by atoms with van der Waals surface area (Å²) in [7, 11) is 1.51. The van der Waals surface area contributed by atoms with Gasteiger partial charge in [-0.05, 0) is 36.8 Å². The molecule has 1 amide bonds. The van der Waals surface area contributed by atoms with Gasteiger partial charge < -0.3 is 14.3 Å². The Balaban J connectivity index is 1.69. The van der Waals surface area contributed by atoms with E-state index in [9.17, 15) is 14.7 Å². The first kappa shape index (κ1) is 20.6. The van der Waals surface area contributed by atoms with Crippen LogP contribution in [-0.4, -0.2) is 23.9 Å². The number of rotatable bonds is 5. The number of furan rings is 1. The van der Waals surface area contributed by atoms with Gasteiger partial charge in [0.1, 0.15) is 11.3 Å². The van der Waals surface area contributed by atoms with Crippen molar-refractivity contribution in [3.63, 3.8) is 0 Å². The summed E-state index contributed by atoms with van der Waals surface area (Å²) in [5.41, 5.74) is 2.63. The Hall–Kier alpha value is -4.32. The SMILES string of the molecule is COc1ccccc1N1C(=O)C(O)=C(C(=O)c2cc3ccccc3o2)C1c1cccc(C)c1. The van der Waals surface area contributed by atoms with Crippen LogP contribution >= 0.6 is 0 Å². The first-order chi connectivity index (χ1) is 16.0. The quantitative estimate of drug-likeness (QED) is 0.414. The number of para-hydroxylation sites is 3. The number of hydrogen-bond donors (Lipinski definition) is 1. The summed E-state index contributed by atoms with van der Waals surface area (Å²) in [6, 6.07) is 22.6. The van der Waals surface area contributed by atoms with Crippen LogP contribution in [0.2, 0.25) is 0 Å². The molecule has 6 heteroatoms. The fraction of sp³-hybridized carbons (Fsp3) is 0.111. The predicted molar refractivity (Wildman–Crippen MR) is 125 cm³/mol. The molecule has 164 valence electrons. The lowest BCUT2D eigenvalue weighted by Crippen LogP contribution is -2.31. The van der Waals surface area contributed by atoms with Crippen molar-refractivity contribution in [2.45, 2.75) is 13.0 Å². The number of Topliss-reactive ketones (excluding diaryl/α,β-unsaturated/α-hetero) is 1. The third kappa shape index (κ3) is 3.36. The lowest BCUT2D eigenvalue weighted by Gasteiger charge is -2.28. The highest BCUT2D eigenvalue weighted by molar-refractivity contribution is 6.21. The fourth-order valence-corrected chi connectivity index (χ4v) is 4.30. The number of ketones is 1. The van der Waals surface area contributed by atoms with E-state index in [2.05, 4.69) is 0 Å². The monoisotopic (exact) mass is 439 g/mol. The smallest absolute Gasteiger partial charge is 0.294 e. The fourth-order valence-electron chi connectivity index (χ4n) is 4.30. The van der Waals surface area contributed by atoms with Crippen molar-refractivity contribution in [2.24, 2.45) is 0 Å². The van der Waals surface area contributed by atoms with E-state index in [0.29, 0.717) is 22.6 Å². The highest BCUT2D eigenvalue weighted by Crippen LogP contribution is 2.45. The molecule has 0 fully saturated rings. The summed E-state index contributed by atoms with van der Waals surface area (Å²) in [4.78, 5) is 28.4. The van der Waals surface area contributed by atoms with Gasteiger partial charge in [0.15, 0.2) is 11.5 Å². The summed E-state index contributed by atoms with van der Waals surface area (Å²) in [6.45, 7) is 1.93. The molecule has 0 radical (unpaired) electrons. The van der Waals surface area contributed by atoms with Crippen LogP contribution in [0.25, 0.3) is 11.0 Å². The standard InChI is InChI=1S/C27H21NO5/c1-16-8-7-10-18(14-16)24-23(25(29)22-15-17-9-3-5-12-20(17)33-22)26(30)27(31)28(24)19-11-4-6-13-21(19)32-2/h3-15,24,30H,1-2H3. The number of fused-ring (bicyclic) bond motifs is 1. The molecule has 0 aliphatic carbocycles. The number of methoxy groups -OCH3 is 1. The number of ether oxygens (including phenoxy) is 1. The van der Waals surface area contributed by atoms with Crippen molar-refractivity contribution in [2.75, 3.05) is 12.0 Å². The summed E-state index contributed by atoms with van der Waals surface area (Å²) in [5.74, 6) is -1.30. The van der Waals surface area contributed by atoms with Gasteiger partial charge in [0.2, 0.25) is 5.78 Å². The van der Waals surface area contributed by atoms with Crippen LogP contribution in [0.15, 0.2) is 94.6 Å². The third-order valence-corrected chi connectivity index (χ3v) is 5.80. The van der Waals surface area contributed by atoms with Gasteiger partial charge in [0.05, 0.1) is 24.4 Å². The van der Waals surface area contributed by atoms with Gasteiger partial charge in [-0.1, -0.05) is 60.2 Å². The Bertz CT molecular complexity index is 1400. The molecule has 4 aromatic rings. The zero-order chi connectivity index (χ0) is 23.1. The van der Waals surface area contributed by atoms with Crippen LogP contribution in [-0.2, 0) is 4.79 Å². The summed E-state index contributed by atoms with van der Waals surface area (Å²) in [6.07, 6.45) is 0. The first-order valence-corrected chi connectivity index (χ1v) is 10.5. The predicted octanol–water partition coefficient (Wildman–Crippen LogP) is 5.53. The number of benzene rings is 3. The van der Waals surface area contributed by atoms with Gasteiger partial charge in [-0.25, -0.2) is 0 Å². The lowest BCUT2D eigenvalue weighted by atomic mass is 9.93. The minimum atomic E-state index is -0.852. The Morgan fingerprint density at radius 3 is 2.52 bits per heavy atom. The maximum absolute atomic E-state index is 13.7. The number of aryl methyl sites for hydroxylation is 1. The molecule has 5 rings (SSSR count). The van der Waals surface area contributed by atoms with Gasteiger partial charge in [-0.15, -0.1) is 0 Å². The molecule has 6 nitrogen and oxygen atoms in total. The minimum absolute atomic E-state index is 0.0319. The van der Waals surface area contributed by atoms with E-state index in [-0.39, 0.29) is 11.3 Å². The van der Waals surface area contributed by atoms with Gasteiger partial charge in [0, 0.05) is 5.39 Å². The van der Waals surface area contributed by atoms with E-state index in [1.807, 2.05) is 49.4 Å². The Morgan fingerprint density at radius 2 is 1.76 bits per heavy atom. The molecule has 0 saturated heterocycles. The topological polar surface area (TPSA) is 80.0 Å². The number of anilines is 1. The zero-order valence-corrected chi connectivity index (χ0v) is 18.1. The van der Waals surface area contributed by atoms with E-state index in [0.717, 1.165) is 10.9 Å². The zero-order valence-electron chi connectivity index (χ0n) is 18.1. The van der Waals surface area contributed by atoms with Crippen molar-refractivity contribution in [1.29, 1.82) is 0 Å². The first-order valence-electron chi connectivity index (χ1n) is 10.5. The van der Waals surface area contributed by atoms with E-state index in [1.54, 1.807) is 36.4 Å². The molecule has 1 N–H and O–H groups in total. The second-order valence-corrected chi connectivity index (χ2v) is 7.90. The number of carbonyl (C=O) groups excluding carboxylic acids is 2. The van der Waals surface area contributed by atoms with Crippen LogP contribution in [0.4, 0.5) is 5.69 Å². The molecule has 0 bridgehead atoms. The highest BCUT2D eigenvalue weighted by atomic mass is 16.5. The Morgan fingerprint density at radius 1 is 1.00 bits per heavy atom. The highest BCUT2D eigenvalue weighted by Gasteiger charge is 2.46. The third-order valence-electron chi connectivity index (χ3n) is 5.80. The molecule has 1 aliphatic heterocycles. The van der Waals surface area contributed by atoms with Crippen molar-refractivity contribution in [3.8, 4) is 5.75 Å². The molecule has 1 aromatic heterocycles. The second-order valence-electron chi connectivity index (χ2n) is 7.90. The van der Waals surface area contributed by atoms with Crippen LogP contribution in [0, 0.1) is 6.92 Å². The van der Waals surface area contributed by atoms with Crippen LogP contribution in [0.3, 0.4) is 0 Å². The van der Waals surface area contributed by atoms with Crippen molar-refractivity contribution < 1.29 is 23.8 Å². The molecule has 0 spiro atoms. The summed E-state index contributed by atoms with van der Waals surface area (Å²) in [5, 5.41) is 11.7. The van der Waals surface area contributed by atoms with Gasteiger partial charge in [-0.2, -0.15) is 0 Å². The molecule has 3 aromatic carbocycles. The van der Waals surface area contributed by atoms with E-state index in [4.69, 9.17) is 9.15 Å². The molecular formula is C27H21NO5. The number of amides is 1. The lowest BCUT2D eigenvalue weighted by molar-refractivity contribution is -0.117. The van der Waals surface area contributed by atoms with Gasteiger partial charge >= 0.3 is 0 Å². The number of nitrogens with zero attached hydrogens (tertiary/aromatic N) is 1. The molecule has 1 atom stereocenters. The number of aliphatic hydroxyl groups is 1. The van der Waals surface area contributed by atoms with E-state index < -0.39 is 23.5 Å². The maximum atomic E-state index is 13.7. The average Bonchev–Trinajstić information content (AvgIpc) is 3.38. The molecule has 1 unspecified atom stereocenters. The van der Waals surface area contributed by atoms with E-state index >= 15 is 0 Å². The van der Waals surface area contributed by atoms with Crippen molar-refractivity contribution in [1.82, 2.24) is 0 Å². The average molecular weight is 439 g/mol. The second kappa shape index (κ2) is 7.98. The molecule has 0 saturated carbocycles. The Kier molecular flexibility index (Phi) is 4.98. The van der Waals surface area contributed by atoms with Crippen LogP contribution < -0.4 is 9.64 Å². The van der Waals surface area contributed by atoms with Crippen molar-refractivity contribution in [3.05, 3.63) is 107 Å². The molecule has 33 heavy (non-hydrogen) atoms. The minimum Gasteiger partial charge on any atom is -0.503 e. The maximum Gasteiger partial charge on any atom is 0.294 e. The van der Waals surface area contributed by atoms with Crippen LogP contribution in [0.1, 0.15) is 27.7 Å². The molecular weight excluding hydrogens is 418 g/mol. The Labute approximate surface area is 190 Å². The molecule has 2 heterocycles. The number of hydrogen-bond acceptors (Lipinski definition) is 5. The van der Waals surface area contributed by atoms with Crippen LogP contribution in [0.5, 0.6) is 5.75 Å².